The molecule has 0 aromatic heterocycles. The van der Waals surface area contributed by atoms with E-state index in [1.54, 1.807) is 6.07 Å². The lowest BCUT2D eigenvalue weighted by molar-refractivity contribution is -0.384. The Balaban J connectivity index is 2.58. The molecule has 7 heteroatoms. The predicted molar refractivity (Wildman–Crippen MR) is 74.9 cm³/mol. The third-order valence-corrected chi connectivity index (χ3v) is 4.05. The summed E-state index contributed by atoms with van der Waals surface area (Å²) in [6.45, 7) is 0.723. The van der Waals surface area contributed by atoms with E-state index in [0.717, 1.165) is 19.4 Å². The molecule has 0 radical (unpaired) electrons. The van der Waals surface area contributed by atoms with E-state index in [2.05, 4.69) is 0 Å². The number of rotatable bonds is 3. The Labute approximate surface area is 116 Å². The number of nitro benzene ring substituents is 1. The van der Waals surface area contributed by atoms with Crippen LogP contribution in [0.1, 0.15) is 24.8 Å². The van der Waals surface area contributed by atoms with E-state index in [1.165, 1.54) is 12.1 Å². The lowest BCUT2D eigenvalue weighted by Crippen LogP contribution is -2.55. The zero-order valence-electron chi connectivity index (χ0n) is 11.3. The maximum atomic E-state index is 12.0. The van der Waals surface area contributed by atoms with Crippen LogP contribution in [0.3, 0.4) is 0 Å². The highest BCUT2D eigenvalue weighted by Gasteiger charge is 2.44. The summed E-state index contributed by atoms with van der Waals surface area (Å²) >= 11 is 0. The standard InChI is InChI=1S/C13H18N4O3/c1-16-7-3-2-6-13(16,12(15)18)9-4-5-10(14)11(8-9)17(19)20/h4-5,8H,2-3,6-7,14H2,1H3,(H2,15,18). The maximum absolute atomic E-state index is 12.0. The monoisotopic (exact) mass is 278 g/mol. The molecule has 1 unspecified atom stereocenters. The highest BCUT2D eigenvalue weighted by Crippen LogP contribution is 2.38. The van der Waals surface area contributed by atoms with E-state index in [9.17, 15) is 14.9 Å². The molecular weight excluding hydrogens is 260 g/mol. The second kappa shape index (κ2) is 5.09. The van der Waals surface area contributed by atoms with E-state index >= 15 is 0 Å². The van der Waals surface area contributed by atoms with Crippen molar-refractivity contribution in [2.75, 3.05) is 19.3 Å². The Morgan fingerprint density at radius 1 is 1.45 bits per heavy atom. The van der Waals surface area contributed by atoms with Gasteiger partial charge in [0.1, 0.15) is 11.2 Å². The Morgan fingerprint density at radius 3 is 2.70 bits per heavy atom. The number of amides is 1. The van der Waals surface area contributed by atoms with Crippen LogP contribution in [-0.4, -0.2) is 29.3 Å². The van der Waals surface area contributed by atoms with Gasteiger partial charge in [-0.2, -0.15) is 0 Å². The van der Waals surface area contributed by atoms with Crippen LogP contribution in [-0.2, 0) is 10.3 Å². The normalized spacial score (nSPS) is 23.4. The summed E-state index contributed by atoms with van der Waals surface area (Å²) in [7, 11) is 1.81. The van der Waals surface area contributed by atoms with Gasteiger partial charge < -0.3 is 11.5 Å². The number of piperidine rings is 1. The van der Waals surface area contributed by atoms with Gasteiger partial charge in [-0.15, -0.1) is 0 Å². The van der Waals surface area contributed by atoms with Crippen LogP contribution in [0.25, 0.3) is 0 Å². The van der Waals surface area contributed by atoms with Gasteiger partial charge in [-0.1, -0.05) is 6.07 Å². The van der Waals surface area contributed by atoms with Crippen molar-refractivity contribution in [1.29, 1.82) is 0 Å². The molecule has 1 heterocycles. The molecule has 1 aliphatic rings. The van der Waals surface area contributed by atoms with Crippen LogP contribution < -0.4 is 11.5 Å². The molecule has 1 saturated heterocycles. The Hall–Kier alpha value is -2.15. The first-order valence-electron chi connectivity index (χ1n) is 6.45. The molecule has 0 spiro atoms. The van der Waals surface area contributed by atoms with E-state index < -0.39 is 16.4 Å². The van der Waals surface area contributed by atoms with Crippen LogP contribution >= 0.6 is 0 Å². The first kappa shape index (κ1) is 14.3. The number of nitrogens with two attached hydrogens (primary N) is 2. The van der Waals surface area contributed by atoms with Crippen LogP contribution in [0.15, 0.2) is 18.2 Å². The molecule has 1 atom stereocenters. The third kappa shape index (κ3) is 2.09. The number of hydrogen-bond acceptors (Lipinski definition) is 5. The molecule has 0 saturated carbocycles. The molecule has 1 aromatic carbocycles. The van der Waals surface area contributed by atoms with Gasteiger partial charge in [0.05, 0.1) is 4.92 Å². The number of nitrogen functional groups attached to an aromatic ring is 1. The van der Waals surface area contributed by atoms with Crippen LogP contribution in [0.5, 0.6) is 0 Å². The van der Waals surface area contributed by atoms with E-state index in [0.29, 0.717) is 12.0 Å². The van der Waals surface area contributed by atoms with E-state index in [-0.39, 0.29) is 11.4 Å². The zero-order chi connectivity index (χ0) is 14.9. The number of benzene rings is 1. The molecule has 20 heavy (non-hydrogen) atoms. The first-order chi connectivity index (χ1) is 9.39. The fourth-order valence-electron chi connectivity index (χ4n) is 2.89. The number of anilines is 1. The van der Waals surface area contributed by atoms with Crippen molar-refractivity contribution in [1.82, 2.24) is 4.90 Å². The van der Waals surface area contributed by atoms with Crippen LogP contribution in [0, 0.1) is 10.1 Å². The molecule has 1 aliphatic heterocycles. The highest BCUT2D eigenvalue weighted by molar-refractivity contribution is 5.87. The summed E-state index contributed by atoms with van der Waals surface area (Å²) in [6.07, 6.45) is 2.38. The Morgan fingerprint density at radius 2 is 2.15 bits per heavy atom. The smallest absolute Gasteiger partial charge is 0.292 e. The number of likely N-dealkylation sites (tertiary alicyclic amines) is 1. The van der Waals surface area contributed by atoms with Gasteiger partial charge in [0, 0.05) is 6.07 Å². The summed E-state index contributed by atoms with van der Waals surface area (Å²) in [5.41, 5.74) is 10.6. The van der Waals surface area contributed by atoms with E-state index in [4.69, 9.17) is 11.5 Å². The van der Waals surface area contributed by atoms with Gasteiger partial charge >= 0.3 is 0 Å². The molecule has 7 nitrogen and oxygen atoms in total. The molecular formula is C13H18N4O3. The number of likely N-dealkylation sites (N-methyl/N-ethyl adjacent to an activating group) is 1. The lowest BCUT2D eigenvalue weighted by atomic mass is 9.80. The number of hydrogen-bond donors (Lipinski definition) is 2. The van der Waals surface area contributed by atoms with Crippen molar-refractivity contribution < 1.29 is 9.72 Å². The topological polar surface area (TPSA) is 115 Å². The minimum atomic E-state index is -0.989. The van der Waals surface area contributed by atoms with Gasteiger partial charge in [0.2, 0.25) is 5.91 Å². The molecule has 0 aliphatic carbocycles. The van der Waals surface area contributed by atoms with E-state index in [1.807, 2.05) is 11.9 Å². The minimum absolute atomic E-state index is 0.0804. The van der Waals surface area contributed by atoms with Crippen LogP contribution in [0.4, 0.5) is 11.4 Å². The zero-order valence-corrected chi connectivity index (χ0v) is 11.3. The maximum Gasteiger partial charge on any atom is 0.292 e. The average molecular weight is 278 g/mol. The Bertz CT molecular complexity index is 561. The molecule has 108 valence electrons. The van der Waals surface area contributed by atoms with Gasteiger partial charge in [0.15, 0.2) is 0 Å². The largest absolute Gasteiger partial charge is 0.393 e. The molecule has 1 fully saturated rings. The fourth-order valence-corrected chi connectivity index (χ4v) is 2.89. The van der Waals surface area contributed by atoms with Crippen molar-refractivity contribution in [2.24, 2.45) is 5.73 Å². The average Bonchev–Trinajstić information content (AvgIpc) is 2.39. The Kier molecular flexibility index (Phi) is 3.63. The molecule has 2 rings (SSSR count). The van der Waals surface area contributed by atoms with Gasteiger partial charge in [-0.3, -0.25) is 19.8 Å². The fraction of sp³-hybridized carbons (Fsp3) is 0.462. The van der Waals surface area contributed by atoms with Crippen molar-refractivity contribution in [3.63, 3.8) is 0 Å². The molecule has 1 amide bonds. The summed E-state index contributed by atoms with van der Waals surface area (Å²) < 4.78 is 0. The predicted octanol–water partition coefficient (Wildman–Crippen LogP) is 0.973. The summed E-state index contributed by atoms with van der Waals surface area (Å²) in [5.74, 6) is -0.487. The summed E-state index contributed by atoms with van der Waals surface area (Å²) in [6, 6.07) is 4.47. The van der Waals surface area contributed by atoms with Gasteiger partial charge in [0.25, 0.3) is 5.69 Å². The second-order valence-electron chi connectivity index (χ2n) is 5.13. The van der Waals surface area contributed by atoms with Crippen LogP contribution in [0.2, 0.25) is 0 Å². The highest BCUT2D eigenvalue weighted by atomic mass is 16.6. The second-order valence-corrected chi connectivity index (χ2v) is 5.13. The van der Waals surface area contributed by atoms with Gasteiger partial charge in [-0.25, -0.2) is 0 Å². The van der Waals surface area contributed by atoms with Crippen molar-refractivity contribution >= 4 is 17.3 Å². The SMILES string of the molecule is CN1CCCCC1(C(N)=O)c1ccc(N)c([N+](=O)[O-])c1. The third-order valence-electron chi connectivity index (χ3n) is 4.05. The first-order valence-corrected chi connectivity index (χ1v) is 6.45. The molecule has 1 aromatic rings. The number of nitro groups is 1. The van der Waals surface area contributed by atoms with Crippen molar-refractivity contribution in [2.45, 2.75) is 24.8 Å². The number of carbonyl (C=O) groups is 1. The van der Waals surface area contributed by atoms with Crippen molar-refractivity contribution in [3.05, 3.63) is 33.9 Å². The molecule has 4 N–H and O–H groups in total. The van der Waals surface area contributed by atoms with Gasteiger partial charge in [-0.05, 0) is 44.5 Å². The minimum Gasteiger partial charge on any atom is -0.393 e. The summed E-state index contributed by atoms with van der Waals surface area (Å²) in [4.78, 5) is 24.4. The van der Waals surface area contributed by atoms with Crippen molar-refractivity contribution in [3.8, 4) is 0 Å². The number of primary amides is 1. The quantitative estimate of drug-likeness (QED) is 0.485. The summed E-state index contributed by atoms with van der Waals surface area (Å²) in [5, 5.41) is 11.0. The number of carbonyl (C=O) groups excluding carboxylic acids is 1. The number of nitrogens with zero attached hydrogens (tertiary/aromatic N) is 2. The molecule has 0 bridgehead atoms. The lowest BCUT2D eigenvalue weighted by Gasteiger charge is -2.43.